The Kier molecular flexibility index (Phi) is 3.85. The van der Waals surface area contributed by atoms with Gasteiger partial charge >= 0.3 is 5.97 Å². The second-order valence-corrected chi connectivity index (χ2v) is 3.29. The van der Waals surface area contributed by atoms with E-state index in [1.165, 1.54) is 24.3 Å². The van der Waals surface area contributed by atoms with Gasteiger partial charge in [0.2, 0.25) is 0 Å². The molecule has 1 heterocycles. The average Bonchev–Trinajstić information content (AvgIpc) is 2.10. The predicted molar refractivity (Wildman–Crippen MR) is 50.5 cm³/mol. The summed E-state index contributed by atoms with van der Waals surface area (Å²) in [7, 11) is 0. The van der Waals surface area contributed by atoms with Gasteiger partial charge in [-0.15, -0.1) is 0 Å². The van der Waals surface area contributed by atoms with Gasteiger partial charge in [-0.05, 0) is 6.92 Å². The zero-order chi connectivity index (χ0) is 10.6. The lowest BCUT2D eigenvalue weighted by Crippen LogP contribution is -2.29. The van der Waals surface area contributed by atoms with Gasteiger partial charge in [-0.2, -0.15) is 0 Å². The van der Waals surface area contributed by atoms with Crippen molar-refractivity contribution >= 4 is 5.97 Å². The molecule has 1 aliphatic rings. The summed E-state index contributed by atoms with van der Waals surface area (Å²) in [5.41, 5.74) is 0. The largest absolute Gasteiger partial charge is 0.459 e. The van der Waals surface area contributed by atoms with Crippen LogP contribution in [0.3, 0.4) is 0 Å². The van der Waals surface area contributed by atoms with Gasteiger partial charge < -0.3 is 14.9 Å². The first-order chi connectivity index (χ1) is 6.59. The third-order valence-electron chi connectivity index (χ3n) is 1.94. The van der Waals surface area contributed by atoms with Crippen LogP contribution in [-0.2, 0) is 9.53 Å². The summed E-state index contributed by atoms with van der Waals surface area (Å²) in [4.78, 5) is 11.0. The van der Waals surface area contributed by atoms with E-state index in [4.69, 9.17) is 4.74 Å². The van der Waals surface area contributed by atoms with Crippen LogP contribution in [0, 0.1) is 0 Å². The first-order valence-electron chi connectivity index (χ1n) is 4.51. The van der Waals surface area contributed by atoms with Crippen molar-refractivity contribution in [1.82, 2.24) is 0 Å². The molecule has 0 aromatic rings. The van der Waals surface area contributed by atoms with E-state index in [2.05, 4.69) is 0 Å². The highest BCUT2D eigenvalue weighted by Crippen LogP contribution is 2.09. The highest BCUT2D eigenvalue weighted by molar-refractivity contribution is 5.82. The summed E-state index contributed by atoms with van der Waals surface area (Å²) in [5, 5.41) is 18.8. The van der Waals surface area contributed by atoms with Crippen LogP contribution >= 0.6 is 0 Å². The van der Waals surface area contributed by atoms with Gasteiger partial charge in [0, 0.05) is 12.5 Å². The van der Waals surface area contributed by atoms with Crippen molar-refractivity contribution in [2.45, 2.75) is 31.7 Å². The molecule has 3 atom stereocenters. The summed E-state index contributed by atoms with van der Waals surface area (Å²) in [6.45, 7) is 1.67. The van der Waals surface area contributed by atoms with Gasteiger partial charge in [-0.25, -0.2) is 4.79 Å². The smallest absolute Gasteiger partial charge is 0.331 e. The molecule has 14 heavy (non-hydrogen) atoms. The topological polar surface area (TPSA) is 66.8 Å². The Balaban J connectivity index is 2.73. The number of rotatable bonds is 0. The summed E-state index contributed by atoms with van der Waals surface area (Å²) in [5.74, 6) is -0.439. The summed E-state index contributed by atoms with van der Waals surface area (Å²) >= 11 is 0. The summed E-state index contributed by atoms with van der Waals surface area (Å²) in [6, 6.07) is 0. The first kappa shape index (κ1) is 10.9. The van der Waals surface area contributed by atoms with Crippen molar-refractivity contribution in [3.8, 4) is 0 Å². The van der Waals surface area contributed by atoms with E-state index in [1.807, 2.05) is 0 Å². The number of aliphatic hydroxyl groups excluding tert-OH is 2. The van der Waals surface area contributed by atoms with Crippen molar-refractivity contribution in [3.63, 3.8) is 0 Å². The SMILES string of the molecule is C[C@@H]1C[C@@H](O)[C@@H](O)/C=C/C=C\C(=O)O1. The fraction of sp³-hybridized carbons (Fsp3) is 0.500. The Morgan fingerprint density at radius 2 is 2.14 bits per heavy atom. The molecule has 0 aromatic carbocycles. The maximum absolute atomic E-state index is 11.0. The lowest BCUT2D eigenvalue weighted by Gasteiger charge is -2.19. The molecule has 0 fully saturated rings. The molecule has 4 heteroatoms. The number of carbonyl (C=O) groups excluding carboxylic acids is 1. The van der Waals surface area contributed by atoms with E-state index < -0.39 is 24.3 Å². The molecule has 0 saturated heterocycles. The molecule has 0 aromatic heterocycles. The summed E-state index contributed by atoms with van der Waals surface area (Å²) in [6.07, 6.45) is 3.69. The molecule has 1 aliphatic heterocycles. The second kappa shape index (κ2) is 4.93. The Labute approximate surface area is 82.5 Å². The van der Waals surface area contributed by atoms with Gasteiger partial charge in [0.25, 0.3) is 0 Å². The normalized spacial score (nSPS) is 38.5. The van der Waals surface area contributed by atoms with Crippen LogP contribution in [0.4, 0.5) is 0 Å². The number of hydrogen-bond acceptors (Lipinski definition) is 4. The molecule has 78 valence electrons. The standard InChI is InChI=1S/C10H14O4/c1-7-6-9(12)8(11)4-2-3-5-10(13)14-7/h2-5,7-9,11-12H,6H2,1H3/b4-2+,5-3-/t7-,8+,9-/m1/s1. The van der Waals surface area contributed by atoms with Crippen LogP contribution in [0.1, 0.15) is 13.3 Å². The van der Waals surface area contributed by atoms with E-state index in [0.717, 1.165) is 0 Å². The van der Waals surface area contributed by atoms with Crippen LogP contribution < -0.4 is 0 Å². The molecular weight excluding hydrogens is 184 g/mol. The Hall–Kier alpha value is -1.13. The molecule has 0 amide bonds. The zero-order valence-corrected chi connectivity index (χ0v) is 7.96. The van der Waals surface area contributed by atoms with Crippen molar-refractivity contribution < 1.29 is 19.7 Å². The third kappa shape index (κ3) is 3.32. The molecule has 0 aliphatic carbocycles. The first-order valence-corrected chi connectivity index (χ1v) is 4.51. The minimum atomic E-state index is -0.918. The molecule has 0 bridgehead atoms. The van der Waals surface area contributed by atoms with Gasteiger partial charge in [-0.1, -0.05) is 18.2 Å². The minimum absolute atomic E-state index is 0.227. The molecule has 0 unspecified atom stereocenters. The lowest BCUT2D eigenvalue weighted by atomic mass is 10.1. The van der Waals surface area contributed by atoms with Gasteiger partial charge in [0.05, 0.1) is 12.2 Å². The van der Waals surface area contributed by atoms with E-state index in [1.54, 1.807) is 6.92 Å². The van der Waals surface area contributed by atoms with E-state index in [0.29, 0.717) is 0 Å². The molecule has 0 spiro atoms. The number of hydrogen-bond donors (Lipinski definition) is 2. The molecule has 1 rings (SSSR count). The lowest BCUT2D eigenvalue weighted by molar-refractivity contribution is -0.144. The van der Waals surface area contributed by atoms with Gasteiger partial charge in [-0.3, -0.25) is 0 Å². The van der Waals surface area contributed by atoms with Crippen molar-refractivity contribution in [2.24, 2.45) is 0 Å². The fourth-order valence-corrected chi connectivity index (χ4v) is 1.21. The van der Waals surface area contributed by atoms with Crippen molar-refractivity contribution in [3.05, 3.63) is 24.3 Å². The molecular formula is C10H14O4. The van der Waals surface area contributed by atoms with Crippen LogP contribution in [-0.4, -0.2) is 34.5 Å². The maximum atomic E-state index is 11.0. The monoisotopic (exact) mass is 198 g/mol. The summed E-state index contributed by atoms with van der Waals surface area (Å²) < 4.78 is 4.91. The molecule has 4 nitrogen and oxygen atoms in total. The van der Waals surface area contributed by atoms with Gasteiger partial charge in [0.1, 0.15) is 6.10 Å². The van der Waals surface area contributed by atoms with E-state index >= 15 is 0 Å². The highest BCUT2D eigenvalue weighted by atomic mass is 16.5. The van der Waals surface area contributed by atoms with E-state index in [9.17, 15) is 15.0 Å². The predicted octanol–water partition coefficient (Wildman–Crippen LogP) is 0.156. The second-order valence-electron chi connectivity index (χ2n) is 3.29. The molecule has 0 radical (unpaired) electrons. The Morgan fingerprint density at radius 1 is 1.43 bits per heavy atom. The van der Waals surface area contributed by atoms with Crippen LogP contribution in [0.25, 0.3) is 0 Å². The Morgan fingerprint density at radius 3 is 2.86 bits per heavy atom. The quantitative estimate of drug-likeness (QED) is 0.544. The number of allylic oxidation sites excluding steroid dienone is 2. The van der Waals surface area contributed by atoms with Crippen molar-refractivity contribution in [2.75, 3.05) is 0 Å². The third-order valence-corrected chi connectivity index (χ3v) is 1.94. The number of aliphatic hydroxyl groups is 2. The molecule has 0 saturated carbocycles. The molecule has 2 N–H and O–H groups in total. The minimum Gasteiger partial charge on any atom is -0.459 e. The zero-order valence-electron chi connectivity index (χ0n) is 7.96. The number of carbonyl (C=O) groups is 1. The van der Waals surface area contributed by atoms with E-state index in [-0.39, 0.29) is 6.42 Å². The number of cyclic esters (lactones) is 1. The average molecular weight is 198 g/mol. The fourth-order valence-electron chi connectivity index (χ4n) is 1.21. The Bertz CT molecular complexity index is 257. The van der Waals surface area contributed by atoms with Crippen molar-refractivity contribution in [1.29, 1.82) is 0 Å². The van der Waals surface area contributed by atoms with Gasteiger partial charge in [0.15, 0.2) is 0 Å². The number of esters is 1. The van der Waals surface area contributed by atoms with Crippen LogP contribution in [0.5, 0.6) is 0 Å². The van der Waals surface area contributed by atoms with Crippen LogP contribution in [0.2, 0.25) is 0 Å². The maximum Gasteiger partial charge on any atom is 0.331 e. The highest BCUT2D eigenvalue weighted by Gasteiger charge is 2.19. The van der Waals surface area contributed by atoms with Crippen LogP contribution in [0.15, 0.2) is 24.3 Å². The number of ether oxygens (including phenoxy) is 1.